The summed E-state index contributed by atoms with van der Waals surface area (Å²) in [6.07, 6.45) is 0. The normalized spacial score (nSPS) is 14.6. The van der Waals surface area contributed by atoms with Crippen molar-refractivity contribution < 1.29 is 9.53 Å². The zero-order valence-corrected chi connectivity index (χ0v) is 23.2. The molecular weight excluding hydrogens is 518 g/mol. The van der Waals surface area contributed by atoms with Gasteiger partial charge in [-0.15, -0.1) is 5.10 Å². The third-order valence-corrected chi connectivity index (χ3v) is 7.62. The van der Waals surface area contributed by atoms with Crippen molar-refractivity contribution >= 4 is 40.9 Å². The van der Waals surface area contributed by atoms with E-state index in [4.69, 9.17) is 26.4 Å². The third-order valence-electron chi connectivity index (χ3n) is 6.48. The summed E-state index contributed by atoms with van der Waals surface area (Å²) in [6, 6.07) is 20.7. The van der Waals surface area contributed by atoms with E-state index < -0.39 is 6.04 Å². The molecule has 9 heteroatoms. The standard InChI is InChI=1S/C29H28ClN5O2S/c1-17-9-10-18(2)21(15-17)16-38-29-33-28-31-19(3)25(27(36)32-23-7-5-6-8-24(23)37-4)26(35(28)34-29)20-11-13-22(30)14-12-20/h5-15,26H,16H2,1-4H3,(H,32,36)(H,31,33,34)/t26-/m0/s1. The smallest absolute Gasteiger partial charge is 0.255 e. The van der Waals surface area contributed by atoms with E-state index in [0.29, 0.717) is 38.8 Å². The second-order valence-corrected chi connectivity index (χ2v) is 10.5. The van der Waals surface area contributed by atoms with Crippen LogP contribution in [0.2, 0.25) is 5.02 Å². The maximum Gasteiger partial charge on any atom is 0.255 e. The molecule has 1 amide bonds. The molecule has 0 aliphatic carbocycles. The number of anilines is 2. The molecule has 0 bridgehead atoms. The molecule has 0 saturated carbocycles. The fraction of sp³-hybridized carbons (Fsp3) is 0.207. The van der Waals surface area contributed by atoms with Gasteiger partial charge >= 0.3 is 0 Å². The predicted molar refractivity (Wildman–Crippen MR) is 153 cm³/mol. The number of amides is 1. The lowest BCUT2D eigenvalue weighted by Crippen LogP contribution is -2.31. The van der Waals surface area contributed by atoms with Gasteiger partial charge in [0, 0.05) is 16.5 Å². The molecule has 38 heavy (non-hydrogen) atoms. The van der Waals surface area contributed by atoms with Crippen molar-refractivity contribution in [2.75, 3.05) is 17.7 Å². The van der Waals surface area contributed by atoms with E-state index in [9.17, 15) is 4.79 Å². The van der Waals surface area contributed by atoms with Crippen molar-refractivity contribution in [1.82, 2.24) is 14.8 Å². The van der Waals surface area contributed by atoms with Gasteiger partial charge in [0.2, 0.25) is 11.1 Å². The van der Waals surface area contributed by atoms with Crippen molar-refractivity contribution in [1.29, 1.82) is 0 Å². The number of aromatic nitrogens is 3. The Labute approximate surface area is 231 Å². The van der Waals surface area contributed by atoms with Crippen molar-refractivity contribution in [2.45, 2.75) is 37.7 Å². The van der Waals surface area contributed by atoms with Crippen molar-refractivity contribution in [3.05, 3.63) is 105 Å². The summed E-state index contributed by atoms with van der Waals surface area (Å²) in [7, 11) is 1.58. The van der Waals surface area contributed by atoms with Gasteiger partial charge in [-0.3, -0.25) is 4.79 Å². The minimum Gasteiger partial charge on any atom is -0.495 e. The minimum absolute atomic E-state index is 0.259. The molecule has 194 valence electrons. The van der Waals surface area contributed by atoms with Crippen LogP contribution >= 0.6 is 23.4 Å². The second-order valence-electron chi connectivity index (χ2n) is 9.15. The molecule has 0 saturated heterocycles. The van der Waals surface area contributed by atoms with E-state index in [0.717, 1.165) is 11.3 Å². The first-order valence-electron chi connectivity index (χ1n) is 12.2. The van der Waals surface area contributed by atoms with Crippen molar-refractivity contribution in [2.24, 2.45) is 0 Å². The molecule has 5 rings (SSSR count). The van der Waals surface area contributed by atoms with E-state index >= 15 is 0 Å². The lowest BCUT2D eigenvalue weighted by Gasteiger charge is -2.28. The fourth-order valence-corrected chi connectivity index (χ4v) is 5.49. The average Bonchev–Trinajstić information content (AvgIpc) is 3.31. The van der Waals surface area contributed by atoms with Crippen LogP contribution in [0.25, 0.3) is 0 Å². The van der Waals surface area contributed by atoms with Gasteiger partial charge < -0.3 is 15.4 Å². The highest BCUT2D eigenvalue weighted by molar-refractivity contribution is 7.98. The minimum atomic E-state index is -0.499. The molecular formula is C29H28ClN5O2S. The number of hydrogen-bond donors (Lipinski definition) is 2. The highest BCUT2D eigenvalue weighted by atomic mass is 35.5. The summed E-state index contributed by atoms with van der Waals surface area (Å²) in [5, 5.41) is 12.4. The van der Waals surface area contributed by atoms with Crippen LogP contribution in [0.1, 0.15) is 35.2 Å². The zero-order chi connectivity index (χ0) is 26.8. The number of allylic oxidation sites excluding steroid dienone is 1. The number of thioether (sulfide) groups is 1. The first kappa shape index (κ1) is 25.9. The van der Waals surface area contributed by atoms with Gasteiger partial charge in [-0.05, 0) is 61.7 Å². The monoisotopic (exact) mass is 545 g/mol. The summed E-state index contributed by atoms with van der Waals surface area (Å²) in [5.41, 5.74) is 6.39. The molecule has 3 aromatic carbocycles. The fourth-order valence-electron chi connectivity index (χ4n) is 4.48. The number of rotatable bonds is 7. The van der Waals surface area contributed by atoms with Crippen LogP contribution in [-0.2, 0) is 10.5 Å². The molecule has 7 nitrogen and oxygen atoms in total. The SMILES string of the molecule is COc1ccccc1NC(=O)C1=C(C)Nc2nc(SCc3cc(C)ccc3C)nn2[C@H]1c1ccc(Cl)cc1. The van der Waals surface area contributed by atoms with Gasteiger partial charge in [0.1, 0.15) is 11.8 Å². The van der Waals surface area contributed by atoms with Gasteiger partial charge in [0.25, 0.3) is 5.91 Å². The maximum absolute atomic E-state index is 13.7. The van der Waals surface area contributed by atoms with Gasteiger partial charge in [-0.25, -0.2) is 4.68 Å². The molecule has 0 unspecified atom stereocenters. The number of halogens is 1. The molecule has 0 fully saturated rings. The van der Waals surface area contributed by atoms with E-state index in [-0.39, 0.29) is 5.91 Å². The Bertz CT molecular complexity index is 1530. The Kier molecular flexibility index (Phi) is 7.44. The van der Waals surface area contributed by atoms with Crippen LogP contribution in [0, 0.1) is 13.8 Å². The van der Waals surface area contributed by atoms with Crippen LogP contribution in [0.3, 0.4) is 0 Å². The molecule has 0 spiro atoms. The van der Waals surface area contributed by atoms with E-state index in [1.54, 1.807) is 23.6 Å². The Balaban J connectivity index is 1.49. The summed E-state index contributed by atoms with van der Waals surface area (Å²) < 4.78 is 7.21. The van der Waals surface area contributed by atoms with E-state index in [1.807, 2.05) is 55.5 Å². The first-order valence-corrected chi connectivity index (χ1v) is 13.5. The Morgan fingerprint density at radius 1 is 1.11 bits per heavy atom. The van der Waals surface area contributed by atoms with Crippen LogP contribution in [0.4, 0.5) is 11.6 Å². The molecule has 2 N–H and O–H groups in total. The quantitative estimate of drug-likeness (QED) is 0.249. The van der Waals surface area contributed by atoms with Crippen LogP contribution in [0.15, 0.2) is 83.2 Å². The van der Waals surface area contributed by atoms with Crippen molar-refractivity contribution in [3.8, 4) is 5.75 Å². The predicted octanol–water partition coefficient (Wildman–Crippen LogP) is 6.78. The number of hydrogen-bond acceptors (Lipinski definition) is 6. The number of fused-ring (bicyclic) bond motifs is 1. The number of methoxy groups -OCH3 is 1. The number of para-hydroxylation sites is 2. The Hall–Kier alpha value is -3.75. The largest absolute Gasteiger partial charge is 0.495 e. The van der Waals surface area contributed by atoms with Crippen LogP contribution in [-0.4, -0.2) is 27.8 Å². The molecule has 4 aromatic rings. The second kappa shape index (κ2) is 10.9. The molecule has 2 heterocycles. The molecule has 1 aromatic heterocycles. The maximum atomic E-state index is 13.7. The number of carbonyl (C=O) groups is 1. The van der Waals surface area contributed by atoms with Gasteiger partial charge in [-0.1, -0.05) is 71.4 Å². The van der Waals surface area contributed by atoms with Gasteiger partial charge in [-0.2, -0.15) is 4.98 Å². The molecule has 1 aliphatic rings. The summed E-state index contributed by atoms with van der Waals surface area (Å²) in [6.45, 7) is 6.08. The summed E-state index contributed by atoms with van der Waals surface area (Å²) in [5.74, 6) is 1.65. The number of benzene rings is 3. The lowest BCUT2D eigenvalue weighted by atomic mass is 9.95. The highest BCUT2D eigenvalue weighted by Gasteiger charge is 2.34. The lowest BCUT2D eigenvalue weighted by molar-refractivity contribution is -0.113. The molecule has 0 radical (unpaired) electrons. The number of carbonyl (C=O) groups excluding carboxylic acids is 1. The van der Waals surface area contributed by atoms with Crippen molar-refractivity contribution in [3.63, 3.8) is 0 Å². The highest BCUT2D eigenvalue weighted by Crippen LogP contribution is 2.38. The van der Waals surface area contributed by atoms with E-state index in [2.05, 4.69) is 42.7 Å². The number of nitrogens with one attached hydrogen (secondary N) is 2. The zero-order valence-electron chi connectivity index (χ0n) is 21.6. The van der Waals surface area contributed by atoms with Crippen LogP contribution < -0.4 is 15.4 Å². The third kappa shape index (κ3) is 5.28. The Morgan fingerprint density at radius 2 is 1.87 bits per heavy atom. The van der Waals surface area contributed by atoms with Gasteiger partial charge in [0.15, 0.2) is 0 Å². The van der Waals surface area contributed by atoms with E-state index in [1.165, 1.54) is 16.7 Å². The summed E-state index contributed by atoms with van der Waals surface area (Å²) >= 11 is 7.76. The first-order chi connectivity index (χ1) is 18.3. The Morgan fingerprint density at radius 3 is 2.63 bits per heavy atom. The molecule has 1 aliphatic heterocycles. The average molecular weight is 546 g/mol. The topological polar surface area (TPSA) is 81.1 Å². The number of ether oxygens (including phenoxy) is 1. The number of aryl methyl sites for hydroxylation is 2. The summed E-state index contributed by atoms with van der Waals surface area (Å²) in [4.78, 5) is 18.5. The molecule has 1 atom stereocenters. The van der Waals surface area contributed by atoms with Crippen LogP contribution in [0.5, 0.6) is 5.75 Å². The number of nitrogens with zero attached hydrogens (tertiary/aromatic N) is 3. The van der Waals surface area contributed by atoms with Gasteiger partial charge in [0.05, 0.1) is 18.4 Å².